The van der Waals surface area contributed by atoms with E-state index in [2.05, 4.69) is 4.98 Å². The van der Waals surface area contributed by atoms with Crippen molar-refractivity contribution >= 4 is 5.91 Å². The topological polar surface area (TPSA) is 45.7 Å². The Kier molecular flexibility index (Phi) is 4.28. The van der Waals surface area contributed by atoms with E-state index >= 15 is 0 Å². The summed E-state index contributed by atoms with van der Waals surface area (Å²) in [6.45, 7) is 2.59. The van der Waals surface area contributed by atoms with Crippen molar-refractivity contribution in [3.05, 3.63) is 30.1 Å². The van der Waals surface area contributed by atoms with Gasteiger partial charge in [0, 0.05) is 25.5 Å². The van der Waals surface area contributed by atoms with Crippen molar-refractivity contribution in [2.24, 2.45) is 0 Å². The molecule has 0 spiro atoms. The van der Waals surface area contributed by atoms with Gasteiger partial charge >= 0.3 is 0 Å². The molecule has 5 nitrogen and oxygen atoms in total. The van der Waals surface area contributed by atoms with E-state index in [1.807, 2.05) is 36.0 Å². The second-order valence-electron chi connectivity index (χ2n) is 4.59. The quantitative estimate of drug-likeness (QED) is 0.784. The predicted octanol–water partition coefficient (Wildman–Crippen LogP) is 0.543. The van der Waals surface area contributed by atoms with Crippen molar-refractivity contribution in [1.82, 2.24) is 14.8 Å². The van der Waals surface area contributed by atoms with Gasteiger partial charge in [-0.2, -0.15) is 0 Å². The summed E-state index contributed by atoms with van der Waals surface area (Å²) in [5.74, 6) is 0.122. The van der Waals surface area contributed by atoms with Crippen molar-refractivity contribution in [3.63, 3.8) is 0 Å². The summed E-state index contributed by atoms with van der Waals surface area (Å²) in [6.07, 6.45) is 3.47. The zero-order valence-corrected chi connectivity index (χ0v) is 10.9. The SMILES string of the molecule is CN(C)C(C(=O)N1CCOCC1)c1cccnc1. The molecule has 0 bridgehead atoms. The molecule has 1 fully saturated rings. The van der Waals surface area contributed by atoms with Gasteiger partial charge in [0.15, 0.2) is 0 Å². The molecule has 1 aliphatic heterocycles. The molecule has 1 aliphatic rings. The number of likely N-dealkylation sites (N-methyl/N-ethyl adjacent to an activating group) is 1. The largest absolute Gasteiger partial charge is 0.378 e. The Labute approximate surface area is 107 Å². The number of amides is 1. The highest BCUT2D eigenvalue weighted by Crippen LogP contribution is 2.20. The molecule has 0 radical (unpaired) electrons. The van der Waals surface area contributed by atoms with Gasteiger partial charge in [-0.25, -0.2) is 0 Å². The summed E-state index contributed by atoms with van der Waals surface area (Å²) in [5, 5.41) is 0. The summed E-state index contributed by atoms with van der Waals surface area (Å²) in [7, 11) is 3.83. The van der Waals surface area contributed by atoms with E-state index in [-0.39, 0.29) is 11.9 Å². The van der Waals surface area contributed by atoms with Crippen LogP contribution in [-0.4, -0.2) is 61.1 Å². The molecule has 0 aliphatic carbocycles. The van der Waals surface area contributed by atoms with Gasteiger partial charge in [0.05, 0.1) is 13.2 Å². The number of morpholine rings is 1. The Morgan fingerprint density at radius 2 is 2.17 bits per heavy atom. The van der Waals surface area contributed by atoms with Crippen LogP contribution >= 0.6 is 0 Å². The van der Waals surface area contributed by atoms with Gasteiger partial charge in [-0.05, 0) is 25.7 Å². The smallest absolute Gasteiger partial charge is 0.244 e. The van der Waals surface area contributed by atoms with Crippen molar-refractivity contribution in [2.45, 2.75) is 6.04 Å². The fourth-order valence-electron chi connectivity index (χ4n) is 2.16. The molecule has 5 heteroatoms. The van der Waals surface area contributed by atoms with Crippen LogP contribution in [0.4, 0.5) is 0 Å². The number of hydrogen-bond acceptors (Lipinski definition) is 4. The maximum atomic E-state index is 12.5. The third kappa shape index (κ3) is 2.86. The molecular weight excluding hydrogens is 230 g/mol. The van der Waals surface area contributed by atoms with Gasteiger partial charge in [0.25, 0.3) is 0 Å². The molecule has 0 aromatic carbocycles. The molecule has 2 heterocycles. The number of hydrogen-bond donors (Lipinski definition) is 0. The molecule has 2 rings (SSSR count). The minimum absolute atomic E-state index is 0.122. The normalized spacial score (nSPS) is 17.8. The van der Waals surface area contributed by atoms with Crippen LogP contribution in [-0.2, 0) is 9.53 Å². The van der Waals surface area contributed by atoms with Gasteiger partial charge in [-0.1, -0.05) is 6.07 Å². The first-order valence-electron chi connectivity index (χ1n) is 6.13. The number of carbonyl (C=O) groups excluding carboxylic acids is 1. The summed E-state index contributed by atoms with van der Waals surface area (Å²) < 4.78 is 5.28. The molecule has 0 N–H and O–H groups in total. The summed E-state index contributed by atoms with van der Waals surface area (Å²) in [6, 6.07) is 3.53. The van der Waals surface area contributed by atoms with Gasteiger partial charge < -0.3 is 9.64 Å². The summed E-state index contributed by atoms with van der Waals surface area (Å²) in [4.78, 5) is 20.4. The molecule has 98 valence electrons. The molecule has 1 aromatic rings. The number of nitrogens with zero attached hydrogens (tertiary/aromatic N) is 3. The van der Waals surface area contributed by atoms with Crippen LogP contribution < -0.4 is 0 Å². The first-order valence-corrected chi connectivity index (χ1v) is 6.13. The fourth-order valence-corrected chi connectivity index (χ4v) is 2.16. The van der Waals surface area contributed by atoms with Crippen molar-refractivity contribution in [2.75, 3.05) is 40.4 Å². The highest BCUT2D eigenvalue weighted by atomic mass is 16.5. The highest BCUT2D eigenvalue weighted by Gasteiger charge is 2.28. The average molecular weight is 249 g/mol. The number of carbonyl (C=O) groups is 1. The van der Waals surface area contributed by atoms with Crippen molar-refractivity contribution in [1.29, 1.82) is 0 Å². The van der Waals surface area contributed by atoms with Crippen LogP contribution in [0.2, 0.25) is 0 Å². The summed E-state index contributed by atoms with van der Waals surface area (Å²) >= 11 is 0. The number of aromatic nitrogens is 1. The first-order chi connectivity index (χ1) is 8.70. The lowest BCUT2D eigenvalue weighted by molar-refractivity contribution is -0.140. The van der Waals surface area contributed by atoms with Gasteiger partial charge in [-0.3, -0.25) is 14.7 Å². The van der Waals surface area contributed by atoms with Crippen LogP contribution in [0.3, 0.4) is 0 Å². The third-order valence-corrected chi connectivity index (χ3v) is 3.07. The Bertz CT molecular complexity index is 388. The van der Waals surface area contributed by atoms with Crippen LogP contribution in [0.5, 0.6) is 0 Å². The minimum Gasteiger partial charge on any atom is -0.378 e. The zero-order valence-electron chi connectivity index (χ0n) is 10.9. The van der Waals surface area contributed by atoms with Gasteiger partial charge in [0.1, 0.15) is 6.04 Å². The lowest BCUT2D eigenvalue weighted by atomic mass is 10.1. The van der Waals surface area contributed by atoms with Crippen LogP contribution in [0.15, 0.2) is 24.5 Å². The molecule has 1 unspecified atom stereocenters. The average Bonchev–Trinajstić information content (AvgIpc) is 2.40. The maximum absolute atomic E-state index is 12.5. The minimum atomic E-state index is -0.267. The number of rotatable bonds is 3. The number of pyridine rings is 1. The van der Waals surface area contributed by atoms with E-state index in [1.54, 1.807) is 12.4 Å². The lowest BCUT2D eigenvalue weighted by Gasteiger charge is -2.33. The van der Waals surface area contributed by atoms with Crippen molar-refractivity contribution < 1.29 is 9.53 Å². The molecule has 18 heavy (non-hydrogen) atoms. The van der Waals surface area contributed by atoms with Gasteiger partial charge in [0.2, 0.25) is 5.91 Å². The van der Waals surface area contributed by atoms with Crippen LogP contribution in [0, 0.1) is 0 Å². The Morgan fingerprint density at radius 1 is 1.44 bits per heavy atom. The Hall–Kier alpha value is -1.46. The molecule has 0 saturated carbocycles. The van der Waals surface area contributed by atoms with E-state index in [0.717, 1.165) is 5.56 Å². The molecule has 1 aromatic heterocycles. The van der Waals surface area contributed by atoms with Crippen molar-refractivity contribution in [3.8, 4) is 0 Å². The molecular formula is C13H19N3O2. The maximum Gasteiger partial charge on any atom is 0.244 e. The van der Waals surface area contributed by atoms with E-state index in [4.69, 9.17) is 4.74 Å². The van der Waals surface area contributed by atoms with E-state index in [9.17, 15) is 4.79 Å². The summed E-state index contributed by atoms with van der Waals surface area (Å²) in [5.41, 5.74) is 0.930. The van der Waals surface area contributed by atoms with E-state index in [0.29, 0.717) is 26.3 Å². The second kappa shape index (κ2) is 5.93. The van der Waals surface area contributed by atoms with Gasteiger partial charge in [-0.15, -0.1) is 0 Å². The fraction of sp³-hybridized carbons (Fsp3) is 0.538. The zero-order chi connectivity index (χ0) is 13.0. The van der Waals surface area contributed by atoms with E-state index < -0.39 is 0 Å². The van der Waals surface area contributed by atoms with Crippen LogP contribution in [0.25, 0.3) is 0 Å². The third-order valence-electron chi connectivity index (χ3n) is 3.07. The molecule has 1 saturated heterocycles. The molecule has 1 amide bonds. The van der Waals surface area contributed by atoms with E-state index in [1.165, 1.54) is 0 Å². The second-order valence-corrected chi connectivity index (χ2v) is 4.59. The predicted molar refractivity (Wildman–Crippen MR) is 68.1 cm³/mol. The molecule has 1 atom stereocenters. The lowest BCUT2D eigenvalue weighted by Crippen LogP contribution is -2.46. The van der Waals surface area contributed by atoms with Crippen LogP contribution in [0.1, 0.15) is 11.6 Å². The highest BCUT2D eigenvalue weighted by molar-refractivity contribution is 5.83. The Balaban J connectivity index is 2.17. The Morgan fingerprint density at radius 3 is 2.72 bits per heavy atom. The monoisotopic (exact) mass is 249 g/mol. The first kappa shape index (κ1) is 13.0. The standard InChI is InChI=1S/C13H19N3O2/c1-15(2)12(11-4-3-5-14-10-11)13(17)16-6-8-18-9-7-16/h3-5,10,12H,6-9H2,1-2H3. The number of ether oxygens (including phenoxy) is 1.